The normalized spacial score (nSPS) is 13.8. The van der Waals surface area contributed by atoms with Gasteiger partial charge in [-0.2, -0.15) is 18.2 Å². The second-order valence-electron chi connectivity index (χ2n) is 8.23. The molecule has 9 heteroatoms. The summed E-state index contributed by atoms with van der Waals surface area (Å²) < 4.78 is 44.7. The Hall–Kier alpha value is -3.88. The number of pyridine rings is 1. The topological polar surface area (TPSA) is 69.0 Å². The minimum absolute atomic E-state index is 0.204. The molecule has 2 heterocycles. The van der Waals surface area contributed by atoms with E-state index in [0.29, 0.717) is 33.9 Å². The van der Waals surface area contributed by atoms with Gasteiger partial charge in [0.15, 0.2) is 5.65 Å². The largest absolute Gasteiger partial charge is 0.497 e. The van der Waals surface area contributed by atoms with Gasteiger partial charge >= 0.3 is 6.18 Å². The smallest absolute Gasteiger partial charge is 0.405 e. The van der Waals surface area contributed by atoms with Gasteiger partial charge in [-0.05, 0) is 60.2 Å². The van der Waals surface area contributed by atoms with E-state index in [1.165, 1.54) is 16.3 Å². The van der Waals surface area contributed by atoms with Crippen molar-refractivity contribution in [2.24, 2.45) is 0 Å². The predicted molar refractivity (Wildman–Crippen MR) is 124 cm³/mol. The van der Waals surface area contributed by atoms with Gasteiger partial charge in [-0.1, -0.05) is 24.3 Å². The molecule has 0 aliphatic heterocycles. The quantitative estimate of drug-likeness (QED) is 0.417. The van der Waals surface area contributed by atoms with Crippen LogP contribution in [0.1, 0.15) is 24.3 Å². The SMILES string of the molecule is COc1ccc(-c2cc3cnc(NCC(F)(F)F)nc3n(-c3ccc(C4CC4)cc3)c2=O)cc1. The molecule has 2 aromatic heterocycles. The number of aromatic nitrogens is 3. The van der Waals surface area contributed by atoms with Crippen molar-refractivity contribution in [3.8, 4) is 22.6 Å². The zero-order valence-corrected chi connectivity index (χ0v) is 18.3. The Morgan fingerprint density at radius 2 is 1.79 bits per heavy atom. The highest BCUT2D eigenvalue weighted by molar-refractivity contribution is 5.83. The molecule has 0 unspecified atom stereocenters. The first-order valence-corrected chi connectivity index (χ1v) is 10.8. The van der Waals surface area contributed by atoms with Crippen molar-refractivity contribution in [1.82, 2.24) is 14.5 Å². The van der Waals surface area contributed by atoms with Crippen molar-refractivity contribution < 1.29 is 17.9 Å². The fourth-order valence-corrected chi connectivity index (χ4v) is 3.89. The number of benzene rings is 2. The van der Waals surface area contributed by atoms with Gasteiger partial charge in [0.25, 0.3) is 5.56 Å². The summed E-state index contributed by atoms with van der Waals surface area (Å²) in [6.07, 6.45) is -0.704. The number of anilines is 1. The summed E-state index contributed by atoms with van der Waals surface area (Å²) in [6.45, 7) is -1.28. The summed E-state index contributed by atoms with van der Waals surface area (Å²) in [7, 11) is 1.56. The van der Waals surface area contributed by atoms with E-state index in [4.69, 9.17) is 4.74 Å². The molecule has 1 aliphatic carbocycles. The number of fused-ring (bicyclic) bond motifs is 1. The number of methoxy groups -OCH3 is 1. The lowest BCUT2D eigenvalue weighted by atomic mass is 10.1. The minimum Gasteiger partial charge on any atom is -0.497 e. The number of rotatable bonds is 6. The first-order chi connectivity index (χ1) is 16.3. The first kappa shape index (κ1) is 21.9. The lowest BCUT2D eigenvalue weighted by molar-refractivity contribution is -0.115. The fraction of sp³-hybridized carbons (Fsp3) is 0.240. The third kappa shape index (κ3) is 4.46. The number of hydrogen-bond acceptors (Lipinski definition) is 5. The van der Waals surface area contributed by atoms with Crippen LogP contribution in [0.25, 0.3) is 27.8 Å². The zero-order valence-electron chi connectivity index (χ0n) is 18.3. The van der Waals surface area contributed by atoms with Crippen LogP contribution in [0.15, 0.2) is 65.6 Å². The predicted octanol–water partition coefficient (Wildman–Crippen LogP) is 5.31. The molecule has 0 atom stereocenters. The van der Waals surface area contributed by atoms with Crippen molar-refractivity contribution in [1.29, 1.82) is 0 Å². The molecular weight excluding hydrogens is 445 g/mol. The molecule has 4 aromatic rings. The van der Waals surface area contributed by atoms with Gasteiger partial charge in [0.1, 0.15) is 12.3 Å². The molecule has 1 aliphatic rings. The zero-order chi connectivity index (χ0) is 23.9. The van der Waals surface area contributed by atoms with E-state index >= 15 is 0 Å². The van der Waals surface area contributed by atoms with E-state index in [9.17, 15) is 18.0 Å². The van der Waals surface area contributed by atoms with Crippen LogP contribution in [0, 0.1) is 0 Å². The Labute approximate surface area is 193 Å². The number of nitrogens with one attached hydrogen (secondary N) is 1. The molecule has 1 fully saturated rings. The first-order valence-electron chi connectivity index (χ1n) is 10.8. The van der Waals surface area contributed by atoms with Gasteiger partial charge < -0.3 is 10.1 Å². The number of ether oxygens (including phenoxy) is 1. The number of halogens is 3. The summed E-state index contributed by atoms with van der Waals surface area (Å²) in [5.74, 6) is 1.00. The summed E-state index contributed by atoms with van der Waals surface area (Å²) in [5.41, 5.74) is 2.76. The van der Waals surface area contributed by atoms with Crippen molar-refractivity contribution in [2.75, 3.05) is 19.0 Å². The second-order valence-corrected chi connectivity index (χ2v) is 8.23. The molecule has 1 N–H and O–H groups in total. The number of nitrogens with zero attached hydrogens (tertiary/aromatic N) is 3. The fourth-order valence-electron chi connectivity index (χ4n) is 3.89. The summed E-state index contributed by atoms with van der Waals surface area (Å²) in [4.78, 5) is 22.0. The molecule has 0 bridgehead atoms. The van der Waals surface area contributed by atoms with Crippen molar-refractivity contribution in [2.45, 2.75) is 24.9 Å². The highest BCUT2D eigenvalue weighted by Crippen LogP contribution is 2.40. The highest BCUT2D eigenvalue weighted by atomic mass is 19.4. The van der Waals surface area contributed by atoms with Crippen LogP contribution in [0.3, 0.4) is 0 Å². The van der Waals surface area contributed by atoms with Gasteiger partial charge in [0.2, 0.25) is 5.95 Å². The summed E-state index contributed by atoms with van der Waals surface area (Å²) in [6, 6.07) is 16.4. The standard InChI is InChI=1S/C25H21F3N4O2/c1-34-20-10-6-17(7-11-20)21-12-18-13-29-24(30-14-25(26,27)28)31-22(18)32(23(21)33)19-8-4-16(5-9-19)15-2-3-15/h4-13,15H,2-3,14H2,1H3,(H,29,30,31). The maximum absolute atomic E-state index is 13.7. The van der Waals surface area contributed by atoms with Crippen LogP contribution in [0.2, 0.25) is 0 Å². The van der Waals surface area contributed by atoms with E-state index in [-0.39, 0.29) is 17.2 Å². The lowest BCUT2D eigenvalue weighted by Crippen LogP contribution is -2.24. The van der Waals surface area contributed by atoms with Crippen LogP contribution >= 0.6 is 0 Å². The Kier molecular flexibility index (Phi) is 5.47. The Morgan fingerprint density at radius 1 is 1.09 bits per heavy atom. The van der Waals surface area contributed by atoms with Gasteiger partial charge in [-0.15, -0.1) is 0 Å². The molecular formula is C25H21F3N4O2. The molecule has 1 saturated carbocycles. The molecule has 0 amide bonds. The molecule has 6 nitrogen and oxygen atoms in total. The number of alkyl halides is 3. The Morgan fingerprint density at radius 3 is 2.41 bits per heavy atom. The molecule has 34 heavy (non-hydrogen) atoms. The van der Waals surface area contributed by atoms with E-state index in [1.54, 1.807) is 37.4 Å². The Bertz CT molecular complexity index is 1390. The van der Waals surface area contributed by atoms with Crippen molar-refractivity contribution >= 4 is 17.0 Å². The van der Waals surface area contributed by atoms with Gasteiger partial charge in [0, 0.05) is 17.1 Å². The minimum atomic E-state index is -4.42. The number of hydrogen-bond donors (Lipinski definition) is 1. The third-order valence-electron chi connectivity index (χ3n) is 5.79. The summed E-state index contributed by atoms with van der Waals surface area (Å²) in [5, 5.41) is 2.71. The monoisotopic (exact) mass is 466 g/mol. The third-order valence-corrected chi connectivity index (χ3v) is 5.79. The molecule has 2 aromatic carbocycles. The second kappa shape index (κ2) is 8.48. The summed E-state index contributed by atoms with van der Waals surface area (Å²) >= 11 is 0. The maximum atomic E-state index is 13.7. The average molecular weight is 466 g/mol. The molecule has 0 radical (unpaired) electrons. The Balaban J connectivity index is 1.67. The van der Waals surface area contributed by atoms with Crippen LogP contribution in [-0.4, -0.2) is 34.4 Å². The van der Waals surface area contributed by atoms with E-state index < -0.39 is 12.7 Å². The van der Waals surface area contributed by atoms with Crippen molar-refractivity contribution in [3.05, 3.63) is 76.7 Å². The average Bonchev–Trinajstić information content (AvgIpc) is 3.68. The molecule has 174 valence electrons. The molecule has 0 saturated heterocycles. The van der Waals surface area contributed by atoms with E-state index in [1.807, 2.05) is 24.3 Å². The molecule has 0 spiro atoms. The van der Waals surface area contributed by atoms with Crippen LogP contribution in [-0.2, 0) is 0 Å². The maximum Gasteiger partial charge on any atom is 0.405 e. The van der Waals surface area contributed by atoms with Gasteiger partial charge in [0.05, 0.1) is 12.8 Å². The van der Waals surface area contributed by atoms with Crippen LogP contribution < -0.4 is 15.6 Å². The van der Waals surface area contributed by atoms with Gasteiger partial charge in [-0.25, -0.2) is 4.98 Å². The van der Waals surface area contributed by atoms with Gasteiger partial charge in [-0.3, -0.25) is 9.36 Å². The highest BCUT2D eigenvalue weighted by Gasteiger charge is 2.27. The van der Waals surface area contributed by atoms with Crippen LogP contribution in [0.5, 0.6) is 5.75 Å². The lowest BCUT2D eigenvalue weighted by Gasteiger charge is -2.15. The van der Waals surface area contributed by atoms with Crippen molar-refractivity contribution in [3.63, 3.8) is 0 Å². The van der Waals surface area contributed by atoms with E-state index in [0.717, 1.165) is 12.8 Å². The molecule has 5 rings (SSSR count). The van der Waals surface area contributed by atoms with E-state index in [2.05, 4.69) is 15.3 Å². The van der Waals surface area contributed by atoms with Crippen LogP contribution in [0.4, 0.5) is 19.1 Å².